The van der Waals surface area contributed by atoms with Gasteiger partial charge < -0.3 is 15.3 Å². The molecule has 19 heavy (non-hydrogen) atoms. The molecule has 1 unspecified atom stereocenters. The molecule has 1 aromatic carbocycles. The smallest absolute Gasteiger partial charge is 0.0765 e. The fourth-order valence-electron chi connectivity index (χ4n) is 2.48. The molecule has 0 amide bonds. The van der Waals surface area contributed by atoms with Crippen molar-refractivity contribution in [3.05, 3.63) is 29.8 Å². The van der Waals surface area contributed by atoms with E-state index in [1.807, 2.05) is 20.9 Å². The first kappa shape index (κ1) is 16.0. The molecule has 3 heteroatoms. The van der Waals surface area contributed by atoms with Gasteiger partial charge in [-0.05, 0) is 45.9 Å². The molecule has 1 rings (SSSR count). The Morgan fingerprint density at radius 2 is 1.89 bits per heavy atom. The summed E-state index contributed by atoms with van der Waals surface area (Å²) in [7, 11) is 2.00. The minimum Gasteiger partial charge on any atom is -0.389 e. The normalized spacial score (nSPS) is 13.4. The summed E-state index contributed by atoms with van der Waals surface area (Å²) in [4.78, 5) is 2.25. The van der Waals surface area contributed by atoms with Crippen molar-refractivity contribution in [2.75, 3.05) is 25.0 Å². The van der Waals surface area contributed by atoms with E-state index in [2.05, 4.69) is 48.3 Å². The minimum absolute atomic E-state index is 0.354. The summed E-state index contributed by atoms with van der Waals surface area (Å²) in [5, 5.41) is 13.4. The topological polar surface area (TPSA) is 35.5 Å². The summed E-state index contributed by atoms with van der Waals surface area (Å²) in [6.45, 7) is 9.55. The summed E-state index contributed by atoms with van der Waals surface area (Å²) in [6, 6.07) is 8.81. The van der Waals surface area contributed by atoms with Crippen molar-refractivity contribution in [3.63, 3.8) is 0 Å². The van der Waals surface area contributed by atoms with Crippen LogP contribution in [0, 0.1) is 0 Å². The van der Waals surface area contributed by atoms with Gasteiger partial charge in [-0.2, -0.15) is 0 Å². The first-order chi connectivity index (χ1) is 8.92. The summed E-state index contributed by atoms with van der Waals surface area (Å²) < 4.78 is 0. The second-order valence-corrected chi connectivity index (χ2v) is 5.63. The number of benzene rings is 1. The highest BCUT2D eigenvalue weighted by atomic mass is 16.3. The number of hydrogen-bond donors (Lipinski definition) is 2. The zero-order chi connectivity index (χ0) is 14.5. The van der Waals surface area contributed by atoms with Crippen LogP contribution in [0.5, 0.6) is 0 Å². The zero-order valence-corrected chi connectivity index (χ0v) is 12.9. The van der Waals surface area contributed by atoms with Crippen LogP contribution in [0.1, 0.15) is 45.7 Å². The maximum atomic E-state index is 10.1. The van der Waals surface area contributed by atoms with Gasteiger partial charge in [0.25, 0.3) is 0 Å². The third kappa shape index (κ3) is 4.51. The second-order valence-electron chi connectivity index (χ2n) is 5.63. The van der Waals surface area contributed by atoms with Gasteiger partial charge in [-0.15, -0.1) is 0 Å². The van der Waals surface area contributed by atoms with Gasteiger partial charge in [-0.1, -0.05) is 25.1 Å². The number of aliphatic hydroxyl groups is 1. The van der Waals surface area contributed by atoms with Crippen LogP contribution in [0.15, 0.2) is 24.3 Å². The number of para-hydroxylation sites is 1. The van der Waals surface area contributed by atoms with Crippen LogP contribution < -0.4 is 10.2 Å². The first-order valence-electron chi connectivity index (χ1n) is 7.16. The predicted octanol–water partition coefficient (Wildman–Crippen LogP) is 2.95. The number of rotatable bonds is 7. The van der Waals surface area contributed by atoms with Crippen molar-refractivity contribution in [3.8, 4) is 0 Å². The quantitative estimate of drug-likeness (QED) is 0.795. The van der Waals surface area contributed by atoms with Crippen molar-refractivity contribution in [2.24, 2.45) is 0 Å². The van der Waals surface area contributed by atoms with E-state index in [4.69, 9.17) is 0 Å². The van der Waals surface area contributed by atoms with Gasteiger partial charge in [0.2, 0.25) is 0 Å². The van der Waals surface area contributed by atoms with Gasteiger partial charge in [0.05, 0.1) is 5.60 Å². The first-order valence-corrected chi connectivity index (χ1v) is 7.16. The third-order valence-corrected chi connectivity index (χ3v) is 3.37. The Bertz CT molecular complexity index is 381. The van der Waals surface area contributed by atoms with Crippen LogP contribution in [0.25, 0.3) is 0 Å². The Kier molecular flexibility index (Phi) is 5.83. The molecule has 0 saturated carbocycles. The number of likely N-dealkylation sites (N-methyl/N-ethyl adjacent to an activating group) is 1. The highest BCUT2D eigenvalue weighted by molar-refractivity contribution is 5.55. The lowest BCUT2D eigenvalue weighted by atomic mass is 10.0. The predicted molar refractivity (Wildman–Crippen MR) is 82.7 cm³/mol. The lowest BCUT2D eigenvalue weighted by molar-refractivity contribution is 0.0875. The summed E-state index contributed by atoms with van der Waals surface area (Å²) in [5.41, 5.74) is 1.83. The molecule has 3 nitrogen and oxygen atoms in total. The maximum Gasteiger partial charge on any atom is 0.0765 e. The average molecular weight is 264 g/mol. The monoisotopic (exact) mass is 264 g/mol. The molecule has 108 valence electrons. The molecule has 0 spiro atoms. The SMILES string of the molecule is CCC(NC)c1ccccc1N(CC)CC(C)(C)O. The lowest BCUT2D eigenvalue weighted by Crippen LogP contribution is -2.39. The fourth-order valence-corrected chi connectivity index (χ4v) is 2.48. The Morgan fingerprint density at radius 3 is 2.37 bits per heavy atom. The number of anilines is 1. The molecule has 0 bridgehead atoms. The van der Waals surface area contributed by atoms with Gasteiger partial charge in [0.1, 0.15) is 0 Å². The van der Waals surface area contributed by atoms with Gasteiger partial charge in [0.15, 0.2) is 0 Å². The van der Waals surface area contributed by atoms with E-state index in [9.17, 15) is 5.11 Å². The van der Waals surface area contributed by atoms with Crippen LogP contribution in [-0.4, -0.2) is 30.8 Å². The van der Waals surface area contributed by atoms with E-state index in [1.54, 1.807) is 0 Å². The minimum atomic E-state index is -0.690. The van der Waals surface area contributed by atoms with Crippen molar-refractivity contribution in [1.29, 1.82) is 0 Å². The average Bonchev–Trinajstić information content (AvgIpc) is 2.37. The Hall–Kier alpha value is -1.06. The van der Waals surface area contributed by atoms with Crippen molar-refractivity contribution < 1.29 is 5.11 Å². The van der Waals surface area contributed by atoms with E-state index in [-0.39, 0.29) is 0 Å². The molecular formula is C16H28N2O. The molecule has 0 heterocycles. The van der Waals surface area contributed by atoms with Gasteiger partial charge in [-0.25, -0.2) is 0 Å². The Labute approximate surface area is 117 Å². The molecule has 1 atom stereocenters. The fraction of sp³-hybridized carbons (Fsp3) is 0.625. The van der Waals surface area contributed by atoms with Gasteiger partial charge in [0, 0.05) is 24.8 Å². The van der Waals surface area contributed by atoms with E-state index < -0.39 is 5.60 Å². The van der Waals surface area contributed by atoms with Crippen molar-refractivity contribution in [1.82, 2.24) is 5.32 Å². The summed E-state index contributed by atoms with van der Waals surface area (Å²) in [6.07, 6.45) is 1.05. The van der Waals surface area contributed by atoms with Gasteiger partial charge >= 0.3 is 0 Å². The molecule has 0 aliphatic rings. The van der Waals surface area contributed by atoms with Gasteiger partial charge in [-0.3, -0.25) is 0 Å². The molecule has 0 aromatic heterocycles. The van der Waals surface area contributed by atoms with Crippen molar-refractivity contribution in [2.45, 2.75) is 45.8 Å². The van der Waals surface area contributed by atoms with Crippen LogP contribution in [0.3, 0.4) is 0 Å². The molecule has 0 aliphatic carbocycles. The van der Waals surface area contributed by atoms with Crippen LogP contribution in [-0.2, 0) is 0 Å². The molecular weight excluding hydrogens is 236 g/mol. The standard InChI is InChI=1S/C16H28N2O/c1-6-14(17-5)13-10-8-9-11-15(13)18(7-2)12-16(3,4)19/h8-11,14,17,19H,6-7,12H2,1-5H3. The molecule has 0 fully saturated rings. The number of hydrogen-bond acceptors (Lipinski definition) is 3. The summed E-state index contributed by atoms with van der Waals surface area (Å²) >= 11 is 0. The Balaban J connectivity index is 3.09. The molecule has 0 radical (unpaired) electrons. The molecule has 2 N–H and O–H groups in total. The lowest BCUT2D eigenvalue weighted by Gasteiger charge is -2.33. The van der Waals surface area contributed by atoms with E-state index >= 15 is 0 Å². The number of nitrogens with one attached hydrogen (secondary N) is 1. The molecule has 0 saturated heterocycles. The summed E-state index contributed by atoms with van der Waals surface area (Å²) in [5.74, 6) is 0. The molecule has 0 aliphatic heterocycles. The highest BCUT2D eigenvalue weighted by Crippen LogP contribution is 2.28. The van der Waals surface area contributed by atoms with Crippen LogP contribution >= 0.6 is 0 Å². The van der Waals surface area contributed by atoms with Crippen molar-refractivity contribution >= 4 is 5.69 Å². The number of nitrogens with zero attached hydrogens (tertiary/aromatic N) is 1. The van der Waals surface area contributed by atoms with Crippen LogP contribution in [0.4, 0.5) is 5.69 Å². The third-order valence-electron chi connectivity index (χ3n) is 3.37. The second kappa shape index (κ2) is 6.92. The van der Waals surface area contributed by atoms with E-state index in [0.29, 0.717) is 12.6 Å². The maximum absolute atomic E-state index is 10.1. The largest absolute Gasteiger partial charge is 0.389 e. The Morgan fingerprint density at radius 1 is 1.26 bits per heavy atom. The van der Waals surface area contributed by atoms with E-state index in [1.165, 1.54) is 11.3 Å². The molecule has 1 aromatic rings. The van der Waals surface area contributed by atoms with E-state index in [0.717, 1.165) is 13.0 Å². The highest BCUT2D eigenvalue weighted by Gasteiger charge is 2.21. The van der Waals surface area contributed by atoms with Crippen LogP contribution in [0.2, 0.25) is 0 Å². The zero-order valence-electron chi connectivity index (χ0n) is 12.9.